The predicted octanol–water partition coefficient (Wildman–Crippen LogP) is 0.934. The standard InChI is InChI=1S/C10H16N4O3/c1-4-11-9(15)5-6-13-8(3)10(14(16)17)7(2)12-13/h4-6H2,1-3H3,(H,11,15). The van der Waals surface area contributed by atoms with E-state index in [1.54, 1.807) is 13.8 Å². The molecule has 1 aromatic heterocycles. The van der Waals surface area contributed by atoms with Crippen molar-refractivity contribution < 1.29 is 9.72 Å². The van der Waals surface area contributed by atoms with Crippen LogP contribution in [-0.2, 0) is 11.3 Å². The Bertz CT molecular complexity index is 439. The Morgan fingerprint density at radius 3 is 2.65 bits per heavy atom. The van der Waals surface area contributed by atoms with Gasteiger partial charge in [-0.3, -0.25) is 19.6 Å². The normalized spacial score (nSPS) is 10.3. The molecule has 1 aromatic rings. The SMILES string of the molecule is CCNC(=O)CCn1nc(C)c([N+](=O)[O-])c1C. The van der Waals surface area contributed by atoms with Gasteiger partial charge in [0.2, 0.25) is 5.91 Å². The van der Waals surface area contributed by atoms with Gasteiger partial charge >= 0.3 is 5.69 Å². The van der Waals surface area contributed by atoms with E-state index in [1.807, 2.05) is 6.92 Å². The summed E-state index contributed by atoms with van der Waals surface area (Å²) in [7, 11) is 0. The fourth-order valence-electron chi connectivity index (χ4n) is 1.66. The summed E-state index contributed by atoms with van der Waals surface area (Å²) in [6.45, 7) is 6.00. The first-order chi connectivity index (χ1) is 7.97. The van der Waals surface area contributed by atoms with Crippen LogP contribution in [0.5, 0.6) is 0 Å². The minimum atomic E-state index is -0.444. The molecule has 0 aliphatic carbocycles. The molecule has 17 heavy (non-hydrogen) atoms. The average molecular weight is 240 g/mol. The van der Waals surface area contributed by atoms with E-state index in [-0.39, 0.29) is 18.0 Å². The van der Waals surface area contributed by atoms with Gasteiger partial charge in [-0.05, 0) is 20.8 Å². The third-order valence-corrected chi connectivity index (χ3v) is 2.45. The summed E-state index contributed by atoms with van der Waals surface area (Å²) >= 11 is 0. The fraction of sp³-hybridized carbons (Fsp3) is 0.600. The third-order valence-electron chi connectivity index (χ3n) is 2.45. The van der Waals surface area contributed by atoms with Crippen molar-refractivity contribution in [3.05, 3.63) is 21.5 Å². The number of amides is 1. The van der Waals surface area contributed by atoms with Crippen LogP contribution >= 0.6 is 0 Å². The maximum atomic E-state index is 11.3. The van der Waals surface area contributed by atoms with Gasteiger partial charge in [0, 0.05) is 13.0 Å². The Labute approximate surface area is 99.0 Å². The number of nitrogens with zero attached hydrogens (tertiary/aromatic N) is 3. The summed E-state index contributed by atoms with van der Waals surface area (Å²) in [5.74, 6) is -0.0808. The number of nitrogens with one attached hydrogen (secondary N) is 1. The summed E-state index contributed by atoms with van der Waals surface area (Å²) in [5.41, 5.74) is 0.890. The quantitative estimate of drug-likeness (QED) is 0.612. The van der Waals surface area contributed by atoms with Crippen molar-refractivity contribution in [1.29, 1.82) is 0 Å². The molecule has 1 amide bonds. The second-order valence-corrected chi connectivity index (χ2v) is 3.70. The molecule has 1 N–H and O–H groups in total. The monoisotopic (exact) mass is 240 g/mol. The van der Waals surface area contributed by atoms with Gasteiger partial charge in [0.05, 0.1) is 11.5 Å². The Morgan fingerprint density at radius 2 is 2.18 bits per heavy atom. The van der Waals surface area contributed by atoms with Gasteiger partial charge in [0.15, 0.2) is 0 Å². The topological polar surface area (TPSA) is 90.1 Å². The summed E-state index contributed by atoms with van der Waals surface area (Å²) < 4.78 is 1.50. The molecule has 0 bridgehead atoms. The highest BCUT2D eigenvalue weighted by Gasteiger charge is 2.21. The first-order valence-electron chi connectivity index (χ1n) is 5.42. The Kier molecular flexibility index (Phi) is 4.19. The minimum absolute atomic E-state index is 0.0286. The maximum Gasteiger partial charge on any atom is 0.312 e. The highest BCUT2D eigenvalue weighted by molar-refractivity contribution is 5.75. The van der Waals surface area contributed by atoms with E-state index < -0.39 is 4.92 Å². The number of aromatic nitrogens is 2. The lowest BCUT2D eigenvalue weighted by Gasteiger charge is -2.03. The zero-order chi connectivity index (χ0) is 13.0. The molecule has 94 valence electrons. The van der Waals surface area contributed by atoms with Gasteiger partial charge in [-0.1, -0.05) is 0 Å². The first kappa shape index (κ1) is 13.1. The van der Waals surface area contributed by atoms with Gasteiger partial charge < -0.3 is 5.32 Å². The van der Waals surface area contributed by atoms with Crippen molar-refractivity contribution in [3.8, 4) is 0 Å². The van der Waals surface area contributed by atoms with E-state index in [0.717, 1.165) is 0 Å². The van der Waals surface area contributed by atoms with Gasteiger partial charge in [0.1, 0.15) is 11.4 Å². The molecule has 0 fully saturated rings. The third kappa shape index (κ3) is 3.02. The molecular weight excluding hydrogens is 224 g/mol. The lowest BCUT2D eigenvalue weighted by atomic mass is 10.3. The van der Waals surface area contributed by atoms with Crippen LogP contribution in [0.25, 0.3) is 0 Å². The van der Waals surface area contributed by atoms with Crippen LogP contribution in [0.2, 0.25) is 0 Å². The molecule has 0 saturated carbocycles. The predicted molar refractivity (Wildman–Crippen MR) is 61.7 cm³/mol. The van der Waals surface area contributed by atoms with Gasteiger partial charge in [0.25, 0.3) is 0 Å². The van der Waals surface area contributed by atoms with E-state index in [9.17, 15) is 14.9 Å². The first-order valence-corrected chi connectivity index (χ1v) is 5.42. The number of aryl methyl sites for hydroxylation is 2. The minimum Gasteiger partial charge on any atom is -0.356 e. The molecule has 0 radical (unpaired) electrons. The van der Waals surface area contributed by atoms with Crippen molar-refractivity contribution >= 4 is 11.6 Å². The van der Waals surface area contributed by atoms with Crippen LogP contribution < -0.4 is 5.32 Å². The van der Waals surface area contributed by atoms with Gasteiger partial charge in [-0.15, -0.1) is 0 Å². The number of carbonyl (C=O) groups is 1. The van der Waals surface area contributed by atoms with Crippen molar-refractivity contribution in [2.45, 2.75) is 33.7 Å². The lowest BCUT2D eigenvalue weighted by Crippen LogP contribution is -2.24. The van der Waals surface area contributed by atoms with E-state index in [2.05, 4.69) is 10.4 Å². The van der Waals surface area contributed by atoms with Crippen LogP contribution in [-0.4, -0.2) is 27.2 Å². The van der Waals surface area contributed by atoms with Crippen molar-refractivity contribution in [2.24, 2.45) is 0 Å². The van der Waals surface area contributed by atoms with Crippen LogP contribution in [0.1, 0.15) is 24.7 Å². The number of carbonyl (C=O) groups excluding carboxylic acids is 1. The van der Waals surface area contributed by atoms with Crippen LogP contribution in [0, 0.1) is 24.0 Å². The molecule has 0 spiro atoms. The van der Waals surface area contributed by atoms with Crippen LogP contribution in [0.4, 0.5) is 5.69 Å². The highest BCUT2D eigenvalue weighted by Crippen LogP contribution is 2.21. The van der Waals surface area contributed by atoms with Crippen molar-refractivity contribution in [3.63, 3.8) is 0 Å². The average Bonchev–Trinajstić information content (AvgIpc) is 2.51. The highest BCUT2D eigenvalue weighted by atomic mass is 16.6. The summed E-state index contributed by atoms with van der Waals surface area (Å²) in [6.07, 6.45) is 0.271. The van der Waals surface area contributed by atoms with Gasteiger partial charge in [-0.2, -0.15) is 5.10 Å². The molecule has 1 heterocycles. The molecule has 0 aromatic carbocycles. The molecule has 0 saturated heterocycles. The molecule has 7 nitrogen and oxygen atoms in total. The van der Waals surface area contributed by atoms with E-state index in [4.69, 9.17) is 0 Å². The Hall–Kier alpha value is -1.92. The molecule has 1 rings (SSSR count). The largest absolute Gasteiger partial charge is 0.356 e. The molecule has 0 aliphatic rings. The number of hydrogen-bond acceptors (Lipinski definition) is 4. The van der Waals surface area contributed by atoms with Crippen molar-refractivity contribution in [1.82, 2.24) is 15.1 Å². The number of hydrogen-bond donors (Lipinski definition) is 1. The summed E-state index contributed by atoms with van der Waals surface area (Å²) in [4.78, 5) is 21.6. The Morgan fingerprint density at radius 1 is 1.53 bits per heavy atom. The van der Waals surface area contributed by atoms with E-state index in [0.29, 0.717) is 24.5 Å². The summed E-state index contributed by atoms with van der Waals surface area (Å²) in [5, 5.41) is 17.5. The fourth-order valence-corrected chi connectivity index (χ4v) is 1.66. The van der Waals surface area contributed by atoms with Crippen LogP contribution in [0.15, 0.2) is 0 Å². The smallest absolute Gasteiger partial charge is 0.312 e. The number of rotatable bonds is 5. The number of nitro groups is 1. The van der Waals surface area contributed by atoms with Crippen molar-refractivity contribution in [2.75, 3.05) is 6.54 Å². The lowest BCUT2D eigenvalue weighted by molar-refractivity contribution is -0.386. The molecule has 7 heteroatoms. The molecule has 0 atom stereocenters. The second-order valence-electron chi connectivity index (χ2n) is 3.70. The van der Waals surface area contributed by atoms with E-state index >= 15 is 0 Å². The second kappa shape index (κ2) is 5.42. The molecule has 0 unspecified atom stereocenters. The van der Waals surface area contributed by atoms with Gasteiger partial charge in [-0.25, -0.2) is 0 Å². The maximum absolute atomic E-state index is 11.3. The summed E-state index contributed by atoms with van der Waals surface area (Å²) in [6, 6.07) is 0. The molecule has 0 aliphatic heterocycles. The van der Waals surface area contributed by atoms with E-state index in [1.165, 1.54) is 4.68 Å². The zero-order valence-electron chi connectivity index (χ0n) is 10.2. The zero-order valence-corrected chi connectivity index (χ0v) is 10.2. The molecular formula is C10H16N4O3. The van der Waals surface area contributed by atoms with Crippen LogP contribution in [0.3, 0.4) is 0 Å². The Balaban J connectivity index is 2.76.